The van der Waals surface area contributed by atoms with Gasteiger partial charge in [-0.1, -0.05) is 20.8 Å². The number of halogens is 1. The zero-order valence-corrected chi connectivity index (χ0v) is 12.6. The van der Waals surface area contributed by atoms with Crippen molar-refractivity contribution in [2.24, 2.45) is 5.92 Å². The Labute approximate surface area is 117 Å². The second-order valence-corrected chi connectivity index (χ2v) is 5.38. The Hall–Kier alpha value is -0.320. The minimum absolute atomic E-state index is 0. The van der Waals surface area contributed by atoms with E-state index >= 15 is 0 Å². The molecule has 0 saturated carbocycles. The van der Waals surface area contributed by atoms with Gasteiger partial charge in [-0.25, -0.2) is 0 Å². The number of carbonyl (C=O) groups is 1. The highest BCUT2D eigenvalue weighted by atomic mass is 35.5. The highest BCUT2D eigenvalue weighted by Crippen LogP contribution is 2.17. The molecule has 0 radical (unpaired) electrons. The number of piperidine rings is 1. The van der Waals surface area contributed by atoms with Crippen molar-refractivity contribution in [1.82, 2.24) is 9.80 Å². The summed E-state index contributed by atoms with van der Waals surface area (Å²) in [6.45, 7) is 10.9. The van der Waals surface area contributed by atoms with E-state index in [1.54, 1.807) is 0 Å². The first-order valence-corrected chi connectivity index (χ1v) is 6.71. The number of nitrogens with zero attached hydrogens (tertiary/aromatic N) is 2. The van der Waals surface area contributed by atoms with Crippen LogP contribution in [0.1, 0.15) is 33.6 Å². The van der Waals surface area contributed by atoms with Crippen LogP contribution in [0.25, 0.3) is 0 Å². The van der Waals surface area contributed by atoms with Crippen molar-refractivity contribution in [3.8, 4) is 0 Å². The van der Waals surface area contributed by atoms with Crippen LogP contribution in [0.2, 0.25) is 0 Å². The standard InChI is InChI=1S/C13H26N2O2.ClH/c1-4-15(10-13(16)17)12-5-7-14(8-6-12)9-11(2)3;/h11-12H,4-10H2,1-3H3,(H,16,17);1H. The van der Waals surface area contributed by atoms with Crippen molar-refractivity contribution < 1.29 is 9.90 Å². The first-order valence-electron chi connectivity index (χ1n) is 6.71. The molecule has 1 rings (SSSR count). The van der Waals surface area contributed by atoms with Crippen molar-refractivity contribution in [1.29, 1.82) is 0 Å². The van der Waals surface area contributed by atoms with Gasteiger partial charge in [0.1, 0.15) is 0 Å². The normalized spacial score (nSPS) is 18.1. The van der Waals surface area contributed by atoms with E-state index in [-0.39, 0.29) is 19.0 Å². The Kier molecular flexibility index (Phi) is 8.57. The molecule has 0 aromatic rings. The first-order chi connectivity index (χ1) is 8.02. The molecule has 0 amide bonds. The lowest BCUT2D eigenvalue weighted by atomic mass is 10.0. The van der Waals surface area contributed by atoms with Crippen LogP contribution in [0.15, 0.2) is 0 Å². The Balaban J connectivity index is 0.00000289. The largest absolute Gasteiger partial charge is 0.480 e. The molecule has 4 nitrogen and oxygen atoms in total. The van der Waals surface area contributed by atoms with E-state index in [0.29, 0.717) is 12.0 Å². The van der Waals surface area contributed by atoms with Gasteiger partial charge in [-0.3, -0.25) is 9.69 Å². The smallest absolute Gasteiger partial charge is 0.317 e. The number of aliphatic carboxylic acids is 1. The molecular formula is C13H27ClN2O2. The Bertz CT molecular complexity index is 241. The van der Waals surface area contributed by atoms with E-state index < -0.39 is 5.97 Å². The summed E-state index contributed by atoms with van der Waals surface area (Å²) in [7, 11) is 0. The molecule has 18 heavy (non-hydrogen) atoms. The van der Waals surface area contributed by atoms with Crippen molar-refractivity contribution in [2.45, 2.75) is 39.7 Å². The topological polar surface area (TPSA) is 43.8 Å². The fourth-order valence-corrected chi connectivity index (χ4v) is 2.66. The number of likely N-dealkylation sites (tertiary alicyclic amines) is 1. The molecule has 0 aromatic heterocycles. The Morgan fingerprint density at radius 2 is 1.94 bits per heavy atom. The van der Waals surface area contributed by atoms with Gasteiger partial charge >= 0.3 is 5.97 Å². The average Bonchev–Trinajstić information content (AvgIpc) is 2.26. The van der Waals surface area contributed by atoms with E-state index in [4.69, 9.17) is 5.11 Å². The zero-order chi connectivity index (χ0) is 12.8. The summed E-state index contributed by atoms with van der Waals surface area (Å²) < 4.78 is 0. The van der Waals surface area contributed by atoms with Gasteiger partial charge in [-0.2, -0.15) is 0 Å². The lowest BCUT2D eigenvalue weighted by Gasteiger charge is -2.38. The fourth-order valence-electron chi connectivity index (χ4n) is 2.66. The van der Waals surface area contributed by atoms with Gasteiger partial charge in [0.25, 0.3) is 0 Å². The second kappa shape index (κ2) is 8.73. The van der Waals surface area contributed by atoms with Crippen LogP contribution in [0.3, 0.4) is 0 Å². The Morgan fingerprint density at radius 3 is 2.33 bits per heavy atom. The maximum Gasteiger partial charge on any atom is 0.317 e. The highest BCUT2D eigenvalue weighted by Gasteiger charge is 2.24. The van der Waals surface area contributed by atoms with Gasteiger partial charge in [0.05, 0.1) is 6.54 Å². The van der Waals surface area contributed by atoms with Gasteiger partial charge in [-0.15, -0.1) is 12.4 Å². The maximum absolute atomic E-state index is 10.8. The van der Waals surface area contributed by atoms with Crippen molar-refractivity contribution in [2.75, 3.05) is 32.7 Å². The molecule has 1 heterocycles. The van der Waals surface area contributed by atoms with Crippen LogP contribution in [0, 0.1) is 5.92 Å². The molecule has 0 bridgehead atoms. The molecule has 108 valence electrons. The third-order valence-electron chi connectivity index (χ3n) is 3.44. The van der Waals surface area contributed by atoms with Gasteiger partial charge < -0.3 is 10.0 Å². The van der Waals surface area contributed by atoms with Crippen LogP contribution in [-0.4, -0.2) is 59.6 Å². The summed E-state index contributed by atoms with van der Waals surface area (Å²) >= 11 is 0. The minimum Gasteiger partial charge on any atom is -0.480 e. The van der Waals surface area contributed by atoms with Crippen LogP contribution in [0.4, 0.5) is 0 Å². The predicted octanol–water partition coefficient (Wildman–Crippen LogP) is 1.94. The molecule has 0 aliphatic carbocycles. The zero-order valence-electron chi connectivity index (χ0n) is 11.8. The molecule has 1 aliphatic heterocycles. The van der Waals surface area contributed by atoms with E-state index in [1.807, 2.05) is 6.92 Å². The molecule has 5 heteroatoms. The van der Waals surface area contributed by atoms with Crippen LogP contribution in [-0.2, 0) is 4.79 Å². The van der Waals surface area contributed by atoms with Crippen molar-refractivity contribution in [3.05, 3.63) is 0 Å². The lowest BCUT2D eigenvalue weighted by Crippen LogP contribution is -2.47. The van der Waals surface area contributed by atoms with Gasteiger partial charge in [-0.05, 0) is 38.4 Å². The monoisotopic (exact) mass is 278 g/mol. The number of hydrogen-bond acceptors (Lipinski definition) is 3. The summed E-state index contributed by atoms with van der Waals surface area (Å²) in [5.41, 5.74) is 0. The number of carboxylic acid groups (broad SMARTS) is 1. The molecule has 1 aliphatic rings. The molecule has 0 unspecified atom stereocenters. The van der Waals surface area contributed by atoms with Gasteiger partial charge in [0.15, 0.2) is 0 Å². The molecule has 1 fully saturated rings. The van der Waals surface area contributed by atoms with E-state index in [9.17, 15) is 4.79 Å². The van der Waals surface area contributed by atoms with Gasteiger partial charge in [0, 0.05) is 12.6 Å². The third-order valence-corrected chi connectivity index (χ3v) is 3.44. The first kappa shape index (κ1) is 17.7. The highest BCUT2D eigenvalue weighted by molar-refractivity contribution is 5.85. The van der Waals surface area contributed by atoms with Crippen molar-refractivity contribution in [3.63, 3.8) is 0 Å². The van der Waals surface area contributed by atoms with E-state index in [2.05, 4.69) is 23.6 Å². The Morgan fingerprint density at radius 1 is 1.39 bits per heavy atom. The summed E-state index contributed by atoms with van der Waals surface area (Å²) in [6.07, 6.45) is 2.21. The minimum atomic E-state index is -0.712. The number of hydrogen-bond donors (Lipinski definition) is 1. The number of rotatable bonds is 6. The van der Waals surface area contributed by atoms with Crippen LogP contribution >= 0.6 is 12.4 Å². The van der Waals surface area contributed by atoms with Crippen LogP contribution < -0.4 is 0 Å². The summed E-state index contributed by atoms with van der Waals surface area (Å²) in [5.74, 6) is 0.00399. The molecule has 1 N–H and O–H groups in total. The SMILES string of the molecule is CCN(CC(=O)O)C1CCN(CC(C)C)CC1.Cl. The van der Waals surface area contributed by atoms with Crippen molar-refractivity contribution >= 4 is 18.4 Å². The third kappa shape index (κ3) is 6.03. The fraction of sp³-hybridized carbons (Fsp3) is 0.923. The molecular weight excluding hydrogens is 252 g/mol. The summed E-state index contributed by atoms with van der Waals surface area (Å²) in [6, 6.07) is 0.458. The lowest BCUT2D eigenvalue weighted by molar-refractivity contribution is -0.139. The number of likely N-dealkylation sites (N-methyl/N-ethyl adjacent to an activating group) is 1. The molecule has 0 aromatic carbocycles. The molecule has 1 saturated heterocycles. The molecule has 0 spiro atoms. The predicted molar refractivity (Wildman–Crippen MR) is 76.4 cm³/mol. The van der Waals surface area contributed by atoms with E-state index in [1.165, 1.54) is 0 Å². The molecule has 0 atom stereocenters. The quantitative estimate of drug-likeness (QED) is 0.806. The summed E-state index contributed by atoms with van der Waals surface area (Å²) in [4.78, 5) is 15.4. The second-order valence-electron chi connectivity index (χ2n) is 5.38. The van der Waals surface area contributed by atoms with Crippen LogP contribution in [0.5, 0.6) is 0 Å². The van der Waals surface area contributed by atoms with E-state index in [0.717, 1.165) is 39.0 Å². The number of carboxylic acids is 1. The summed E-state index contributed by atoms with van der Waals surface area (Å²) in [5, 5.41) is 8.86. The average molecular weight is 279 g/mol. The van der Waals surface area contributed by atoms with Gasteiger partial charge in [0.2, 0.25) is 0 Å². The maximum atomic E-state index is 10.8.